The summed E-state index contributed by atoms with van der Waals surface area (Å²) in [7, 11) is 4.62. The molecule has 0 saturated heterocycles. The number of fused-ring (bicyclic) bond motifs is 2. The van der Waals surface area contributed by atoms with Crippen LogP contribution in [0.2, 0.25) is 0 Å². The minimum atomic E-state index is -0.530. The molecule has 2 aromatic carbocycles. The van der Waals surface area contributed by atoms with Crippen molar-refractivity contribution in [2.24, 2.45) is 0 Å². The lowest BCUT2D eigenvalue weighted by Crippen LogP contribution is -2.09. The first-order chi connectivity index (χ1) is 15.0. The van der Waals surface area contributed by atoms with Crippen LogP contribution in [-0.4, -0.2) is 18.9 Å². The largest absolute Gasteiger partial charge is 0.469 e. The van der Waals surface area contributed by atoms with Gasteiger partial charge in [0.2, 0.25) is 0 Å². The first kappa shape index (κ1) is 21.2. The van der Waals surface area contributed by atoms with E-state index in [0.29, 0.717) is 5.56 Å². The molecule has 0 saturated carbocycles. The van der Waals surface area contributed by atoms with E-state index < -0.39 is 5.97 Å². The summed E-state index contributed by atoms with van der Waals surface area (Å²) < 4.78 is 15.8. The van der Waals surface area contributed by atoms with Gasteiger partial charge in [-0.2, -0.15) is 0 Å². The van der Waals surface area contributed by atoms with Crippen molar-refractivity contribution in [1.82, 2.24) is 0 Å². The monoisotopic (exact) mass is 468 g/mol. The van der Waals surface area contributed by atoms with Gasteiger partial charge in [-0.15, -0.1) is 0 Å². The first-order valence-corrected chi connectivity index (χ1v) is 11.7. The summed E-state index contributed by atoms with van der Waals surface area (Å²) in [6, 6.07) is 17.0. The van der Waals surface area contributed by atoms with E-state index in [9.17, 15) is 9.59 Å². The van der Waals surface area contributed by atoms with Crippen LogP contribution in [0.4, 0.5) is 0 Å². The van der Waals surface area contributed by atoms with Gasteiger partial charge in [-0.25, -0.2) is 0 Å². The lowest BCUT2D eigenvalue weighted by molar-refractivity contribution is -0.139. The number of rotatable bonds is 4. The molecule has 0 N–H and O–H groups in total. The fourth-order valence-electron chi connectivity index (χ4n) is 2.94. The summed E-state index contributed by atoms with van der Waals surface area (Å²) in [6.45, 7) is 0. The number of benzene rings is 2. The molecule has 0 aliphatic rings. The number of ether oxygens (including phenoxy) is 1. The van der Waals surface area contributed by atoms with Crippen LogP contribution >= 0.6 is 32.9 Å². The first-order valence-electron chi connectivity index (χ1n) is 9.18. The van der Waals surface area contributed by atoms with E-state index >= 15 is 0 Å². The zero-order valence-corrected chi connectivity index (χ0v) is 18.8. The number of ketones is 1. The molecular formula is C23H16O5S3. The van der Waals surface area contributed by atoms with Gasteiger partial charge < -0.3 is 13.6 Å². The lowest BCUT2D eigenvalue weighted by Gasteiger charge is -1.99. The van der Waals surface area contributed by atoms with Crippen molar-refractivity contribution in [1.29, 1.82) is 0 Å². The van der Waals surface area contributed by atoms with Crippen LogP contribution < -0.4 is 0 Å². The number of hydrogen-bond acceptors (Lipinski definition) is 8. The molecule has 0 radical (unpaired) electrons. The normalized spacial score (nSPS) is 10.6. The molecule has 5 aromatic rings. The van der Waals surface area contributed by atoms with Gasteiger partial charge in [-0.1, -0.05) is 32.9 Å². The van der Waals surface area contributed by atoms with Gasteiger partial charge in [0.1, 0.15) is 21.4 Å². The summed E-state index contributed by atoms with van der Waals surface area (Å²) in [5.74, 6) is -0.785. The van der Waals surface area contributed by atoms with Gasteiger partial charge in [0.25, 0.3) is 0 Å². The van der Waals surface area contributed by atoms with Gasteiger partial charge in [0.15, 0.2) is 5.78 Å². The van der Waals surface area contributed by atoms with E-state index in [2.05, 4.69) is 16.9 Å². The van der Waals surface area contributed by atoms with Crippen LogP contribution in [0.3, 0.4) is 0 Å². The SMILES string of the molecule is COC(=O)CC(=O)c1ccc2occc2c1.S=c1cc(-c2ccc3occc3c2)ss1. The van der Waals surface area contributed by atoms with Crippen molar-refractivity contribution in [2.45, 2.75) is 6.42 Å². The van der Waals surface area contributed by atoms with Gasteiger partial charge in [-0.05, 0) is 60.2 Å². The third-order valence-electron chi connectivity index (χ3n) is 4.51. The highest BCUT2D eigenvalue weighted by Crippen LogP contribution is 2.31. The van der Waals surface area contributed by atoms with Crippen LogP contribution in [0.25, 0.3) is 32.4 Å². The summed E-state index contributed by atoms with van der Waals surface area (Å²) in [6.07, 6.45) is 3.03. The van der Waals surface area contributed by atoms with E-state index in [1.165, 1.54) is 17.6 Å². The quantitative estimate of drug-likeness (QED) is 0.0918. The van der Waals surface area contributed by atoms with Gasteiger partial charge >= 0.3 is 5.97 Å². The smallest absolute Gasteiger partial charge is 0.313 e. The van der Waals surface area contributed by atoms with Crippen LogP contribution in [0, 0.1) is 3.82 Å². The molecule has 5 nitrogen and oxygen atoms in total. The molecule has 5 rings (SSSR count). The Hall–Kier alpha value is -3.07. The molecule has 8 heteroatoms. The Bertz CT molecular complexity index is 1420. The highest BCUT2D eigenvalue weighted by molar-refractivity contribution is 7.80. The summed E-state index contributed by atoms with van der Waals surface area (Å²) >= 11 is 5.12. The molecule has 156 valence electrons. The molecule has 0 atom stereocenters. The predicted octanol–water partition coefficient (Wildman–Crippen LogP) is 7.13. The Morgan fingerprint density at radius 3 is 2.23 bits per heavy atom. The van der Waals surface area contributed by atoms with Crippen LogP contribution in [0.5, 0.6) is 0 Å². The van der Waals surface area contributed by atoms with Crippen molar-refractivity contribution < 1.29 is 23.2 Å². The third-order valence-corrected chi connectivity index (χ3v) is 7.42. The molecule has 0 aliphatic heterocycles. The molecule has 31 heavy (non-hydrogen) atoms. The molecule has 3 heterocycles. The van der Waals surface area contributed by atoms with E-state index in [4.69, 9.17) is 21.1 Å². The lowest BCUT2D eigenvalue weighted by atomic mass is 10.1. The van der Waals surface area contributed by atoms with E-state index in [-0.39, 0.29) is 12.2 Å². The summed E-state index contributed by atoms with van der Waals surface area (Å²) in [5, 5.41) is 1.98. The number of hydrogen-bond donors (Lipinski definition) is 0. The van der Waals surface area contributed by atoms with E-state index in [1.807, 2.05) is 18.2 Å². The fourth-order valence-corrected chi connectivity index (χ4v) is 5.33. The second-order valence-corrected chi connectivity index (χ2v) is 9.43. The number of Topliss-reactive ketones (excluding diaryl/α,β-unsaturated/α-hetero) is 1. The van der Waals surface area contributed by atoms with Crippen molar-refractivity contribution in [3.05, 3.63) is 76.5 Å². The molecule has 0 spiro atoms. The minimum absolute atomic E-state index is 0.236. The Morgan fingerprint density at radius 2 is 1.58 bits per heavy atom. The van der Waals surface area contributed by atoms with Crippen molar-refractivity contribution in [3.63, 3.8) is 0 Å². The second-order valence-electron chi connectivity index (χ2n) is 6.52. The average molecular weight is 469 g/mol. The second kappa shape index (κ2) is 9.38. The Kier molecular flexibility index (Phi) is 6.41. The maximum absolute atomic E-state index is 11.6. The van der Waals surface area contributed by atoms with Gasteiger partial charge in [0, 0.05) is 21.2 Å². The molecule has 0 unspecified atom stereocenters. The molecular weight excluding hydrogens is 452 g/mol. The average Bonchev–Trinajstić information content (AvgIpc) is 3.53. The maximum atomic E-state index is 11.6. The number of carbonyl (C=O) groups is 2. The summed E-state index contributed by atoms with van der Waals surface area (Å²) in [5.41, 5.74) is 3.34. The highest BCUT2D eigenvalue weighted by Gasteiger charge is 2.12. The highest BCUT2D eigenvalue weighted by atomic mass is 32.9. The standard InChI is InChI=1S/C12H10O4.C11H6OS3/c1-15-12(14)7-10(13)8-2-3-11-9(6-8)4-5-16-11;13-11-6-10(14-15-11)8-1-2-9-7(5-8)3-4-12-9/h2-6H,7H2,1H3;1-6H. The zero-order chi connectivity index (χ0) is 21.8. The molecule has 0 fully saturated rings. The number of esters is 1. The van der Waals surface area contributed by atoms with Gasteiger partial charge in [0.05, 0.1) is 19.6 Å². The Morgan fingerprint density at radius 1 is 0.903 bits per heavy atom. The minimum Gasteiger partial charge on any atom is -0.469 e. The Labute approximate surface area is 189 Å². The number of furan rings is 2. The zero-order valence-electron chi connectivity index (χ0n) is 16.3. The van der Waals surface area contributed by atoms with Gasteiger partial charge in [-0.3, -0.25) is 9.59 Å². The topological polar surface area (TPSA) is 69.7 Å². The molecule has 0 bridgehead atoms. The van der Waals surface area contributed by atoms with Crippen molar-refractivity contribution in [2.75, 3.05) is 7.11 Å². The van der Waals surface area contributed by atoms with Crippen LogP contribution in [0.15, 0.2) is 76.0 Å². The third kappa shape index (κ3) is 4.99. The van der Waals surface area contributed by atoms with Crippen LogP contribution in [0.1, 0.15) is 16.8 Å². The Balaban J connectivity index is 0.000000149. The number of methoxy groups -OCH3 is 1. The van der Waals surface area contributed by atoms with Crippen molar-refractivity contribution in [3.8, 4) is 10.4 Å². The van der Waals surface area contributed by atoms with E-state index in [0.717, 1.165) is 25.8 Å². The molecule has 0 aliphatic carbocycles. The number of carbonyl (C=O) groups excluding carboxylic acids is 2. The van der Waals surface area contributed by atoms with Crippen molar-refractivity contribution >= 4 is 66.6 Å². The van der Waals surface area contributed by atoms with E-state index in [1.54, 1.807) is 57.5 Å². The molecule has 3 aromatic heterocycles. The summed E-state index contributed by atoms with van der Waals surface area (Å²) in [4.78, 5) is 23.8. The van der Waals surface area contributed by atoms with Crippen LogP contribution in [-0.2, 0) is 9.53 Å². The fraction of sp³-hybridized carbons (Fsp3) is 0.0870. The maximum Gasteiger partial charge on any atom is 0.313 e. The molecule has 0 amide bonds. The predicted molar refractivity (Wildman–Crippen MR) is 125 cm³/mol.